The molecule has 0 aromatic heterocycles. The van der Waals surface area contributed by atoms with Crippen LogP contribution < -0.4 is 9.47 Å². The molecule has 0 saturated heterocycles. The van der Waals surface area contributed by atoms with Crippen molar-refractivity contribution in [2.24, 2.45) is 11.0 Å². The number of methoxy groups -OCH3 is 3. The Hall–Kier alpha value is -3.39. The maximum Gasteiger partial charge on any atom is 0.262 e. The summed E-state index contributed by atoms with van der Waals surface area (Å²) in [7, 11) is 4.85. The Morgan fingerprint density at radius 2 is 1.72 bits per heavy atom. The van der Waals surface area contributed by atoms with Crippen LogP contribution in [0.15, 0.2) is 53.6 Å². The molecule has 192 valence electrons. The zero-order valence-corrected chi connectivity index (χ0v) is 21.3. The van der Waals surface area contributed by atoms with Gasteiger partial charge in [-0.3, -0.25) is 9.59 Å². The minimum absolute atomic E-state index is 0.0170. The van der Waals surface area contributed by atoms with E-state index in [1.165, 1.54) is 5.01 Å². The summed E-state index contributed by atoms with van der Waals surface area (Å²) in [5, 5.41) is 6.30. The van der Waals surface area contributed by atoms with Crippen LogP contribution >= 0.6 is 0 Å². The number of hydrazone groups is 1. The Morgan fingerprint density at radius 1 is 1.00 bits per heavy atom. The lowest BCUT2D eigenvalue weighted by molar-refractivity contribution is -0.144. The Balaban J connectivity index is 1.62. The third kappa shape index (κ3) is 5.70. The van der Waals surface area contributed by atoms with Crippen LogP contribution in [0, 0.1) is 5.92 Å². The zero-order valence-electron chi connectivity index (χ0n) is 21.3. The summed E-state index contributed by atoms with van der Waals surface area (Å²) >= 11 is 0. The van der Waals surface area contributed by atoms with Crippen LogP contribution in [0.2, 0.25) is 0 Å². The van der Waals surface area contributed by atoms with Crippen molar-refractivity contribution in [1.82, 2.24) is 9.91 Å². The van der Waals surface area contributed by atoms with Gasteiger partial charge in [-0.1, -0.05) is 31.0 Å². The molecule has 36 heavy (non-hydrogen) atoms. The first-order valence-corrected chi connectivity index (χ1v) is 12.5. The van der Waals surface area contributed by atoms with Gasteiger partial charge in [0.05, 0.1) is 32.6 Å². The van der Waals surface area contributed by atoms with E-state index in [-0.39, 0.29) is 30.3 Å². The first kappa shape index (κ1) is 25.7. The second-order valence-electron chi connectivity index (χ2n) is 9.21. The molecule has 2 aliphatic rings. The van der Waals surface area contributed by atoms with E-state index >= 15 is 0 Å². The van der Waals surface area contributed by atoms with Crippen LogP contribution in [0.3, 0.4) is 0 Å². The normalized spacial score (nSPS) is 17.7. The number of rotatable bonds is 10. The number of carbonyl (C=O) groups is 2. The molecule has 1 heterocycles. The van der Waals surface area contributed by atoms with Crippen molar-refractivity contribution in [2.75, 3.05) is 41.0 Å². The molecular weight excluding hydrogens is 458 g/mol. The molecule has 1 fully saturated rings. The SMILES string of the molecule is COCCN(CC(=O)N1N=C(c2ccc(OC)cc2)C[C@H]1c1ccccc1OC)C(=O)C1CCCC1. The molecule has 2 amide bonds. The van der Waals surface area contributed by atoms with Gasteiger partial charge in [0.15, 0.2) is 0 Å². The van der Waals surface area contributed by atoms with Crippen LogP contribution in [0.5, 0.6) is 11.5 Å². The standard InChI is InChI=1S/C28H35N3O5/c1-34-17-16-30(28(33)21-8-4-5-9-21)19-27(32)31-25(23-10-6-7-11-26(23)36-3)18-24(29-31)20-12-14-22(35-2)15-13-20/h6-7,10-15,21,25H,4-5,8-9,16-19H2,1-3H3/t25-/m0/s1. The summed E-state index contributed by atoms with van der Waals surface area (Å²) in [6.45, 7) is 0.714. The number of hydrogen-bond acceptors (Lipinski definition) is 6. The number of para-hydroxylation sites is 1. The lowest BCUT2D eigenvalue weighted by Gasteiger charge is -2.29. The van der Waals surface area contributed by atoms with E-state index < -0.39 is 0 Å². The van der Waals surface area contributed by atoms with Gasteiger partial charge in [-0.15, -0.1) is 0 Å². The smallest absolute Gasteiger partial charge is 0.262 e. The highest BCUT2D eigenvalue weighted by Gasteiger charge is 2.37. The molecule has 4 rings (SSSR count). The molecule has 8 heteroatoms. The zero-order chi connectivity index (χ0) is 25.5. The fraction of sp³-hybridized carbons (Fsp3) is 0.464. The minimum Gasteiger partial charge on any atom is -0.497 e. The molecule has 8 nitrogen and oxygen atoms in total. The molecule has 0 unspecified atom stereocenters. The van der Waals surface area contributed by atoms with Crippen LogP contribution in [0.25, 0.3) is 0 Å². The van der Waals surface area contributed by atoms with Crippen LogP contribution in [0.1, 0.15) is 49.3 Å². The van der Waals surface area contributed by atoms with Crippen molar-refractivity contribution >= 4 is 17.5 Å². The number of nitrogens with zero attached hydrogens (tertiary/aromatic N) is 3. The molecule has 1 aliphatic carbocycles. The number of benzene rings is 2. The molecule has 1 saturated carbocycles. The van der Waals surface area contributed by atoms with Crippen molar-refractivity contribution in [3.8, 4) is 11.5 Å². The Kier molecular flexibility index (Phi) is 8.59. The van der Waals surface area contributed by atoms with E-state index in [0.717, 1.165) is 48.3 Å². The largest absolute Gasteiger partial charge is 0.497 e. The highest BCUT2D eigenvalue weighted by Crippen LogP contribution is 2.38. The molecule has 0 N–H and O–H groups in total. The molecule has 0 bridgehead atoms. The minimum atomic E-state index is -0.336. The summed E-state index contributed by atoms with van der Waals surface area (Å²) in [6.07, 6.45) is 4.40. The average molecular weight is 494 g/mol. The van der Waals surface area contributed by atoms with Gasteiger partial charge in [-0.25, -0.2) is 5.01 Å². The highest BCUT2D eigenvalue weighted by atomic mass is 16.5. The second kappa shape index (κ2) is 12.0. The van der Waals surface area contributed by atoms with Gasteiger partial charge >= 0.3 is 0 Å². The van der Waals surface area contributed by atoms with Gasteiger partial charge in [0.25, 0.3) is 5.91 Å². The monoisotopic (exact) mass is 493 g/mol. The van der Waals surface area contributed by atoms with Crippen molar-refractivity contribution in [1.29, 1.82) is 0 Å². The summed E-state index contributed by atoms with van der Waals surface area (Å²) < 4.78 is 16.1. The lowest BCUT2D eigenvalue weighted by atomic mass is 9.97. The fourth-order valence-electron chi connectivity index (χ4n) is 5.02. The molecule has 2 aromatic rings. The van der Waals surface area contributed by atoms with Crippen molar-refractivity contribution in [3.05, 3.63) is 59.7 Å². The van der Waals surface area contributed by atoms with Crippen LogP contribution in [-0.2, 0) is 14.3 Å². The first-order chi connectivity index (χ1) is 17.5. The predicted molar refractivity (Wildman–Crippen MR) is 137 cm³/mol. The third-order valence-corrected chi connectivity index (χ3v) is 6.99. The third-order valence-electron chi connectivity index (χ3n) is 6.99. The van der Waals surface area contributed by atoms with E-state index in [1.807, 2.05) is 48.5 Å². The first-order valence-electron chi connectivity index (χ1n) is 12.5. The Morgan fingerprint density at radius 3 is 2.39 bits per heavy atom. The van der Waals surface area contributed by atoms with Gasteiger partial charge in [0.2, 0.25) is 5.91 Å². The van der Waals surface area contributed by atoms with Gasteiger partial charge in [0, 0.05) is 31.6 Å². The van der Waals surface area contributed by atoms with Gasteiger partial charge < -0.3 is 19.1 Å². The summed E-state index contributed by atoms with van der Waals surface area (Å²) in [4.78, 5) is 28.6. The molecular formula is C28H35N3O5. The van der Waals surface area contributed by atoms with Crippen molar-refractivity contribution in [2.45, 2.75) is 38.1 Å². The predicted octanol–water partition coefficient (Wildman–Crippen LogP) is 4.05. The average Bonchev–Trinajstić information content (AvgIpc) is 3.61. The van der Waals surface area contributed by atoms with E-state index in [0.29, 0.717) is 25.3 Å². The number of ether oxygens (including phenoxy) is 3. The Labute approximate surface area is 212 Å². The number of carbonyl (C=O) groups excluding carboxylic acids is 2. The van der Waals surface area contributed by atoms with Crippen LogP contribution in [-0.4, -0.2) is 68.5 Å². The van der Waals surface area contributed by atoms with Crippen LogP contribution in [0.4, 0.5) is 0 Å². The summed E-state index contributed by atoms with van der Waals surface area (Å²) in [5.41, 5.74) is 2.60. The van der Waals surface area contributed by atoms with E-state index in [4.69, 9.17) is 19.3 Å². The fourth-order valence-corrected chi connectivity index (χ4v) is 5.02. The van der Waals surface area contributed by atoms with E-state index in [2.05, 4.69) is 0 Å². The molecule has 1 aliphatic heterocycles. The van der Waals surface area contributed by atoms with E-state index in [1.54, 1.807) is 26.2 Å². The second-order valence-corrected chi connectivity index (χ2v) is 9.21. The van der Waals surface area contributed by atoms with Gasteiger partial charge in [-0.2, -0.15) is 5.10 Å². The van der Waals surface area contributed by atoms with Crippen molar-refractivity contribution < 1.29 is 23.8 Å². The van der Waals surface area contributed by atoms with Gasteiger partial charge in [-0.05, 0) is 48.7 Å². The molecule has 0 spiro atoms. The topological polar surface area (TPSA) is 80.7 Å². The molecule has 2 aromatic carbocycles. The quantitative estimate of drug-likeness (QED) is 0.499. The van der Waals surface area contributed by atoms with E-state index in [9.17, 15) is 9.59 Å². The number of hydrogen-bond donors (Lipinski definition) is 0. The van der Waals surface area contributed by atoms with Gasteiger partial charge in [0.1, 0.15) is 18.0 Å². The lowest BCUT2D eigenvalue weighted by Crippen LogP contribution is -2.44. The highest BCUT2D eigenvalue weighted by molar-refractivity contribution is 6.03. The maximum atomic E-state index is 13.7. The number of amides is 2. The summed E-state index contributed by atoms with van der Waals surface area (Å²) in [5.74, 6) is 1.24. The van der Waals surface area contributed by atoms with Crippen molar-refractivity contribution in [3.63, 3.8) is 0 Å². The maximum absolute atomic E-state index is 13.7. The molecule has 0 radical (unpaired) electrons. The molecule has 1 atom stereocenters. The summed E-state index contributed by atoms with van der Waals surface area (Å²) in [6, 6.07) is 15.0. The Bertz CT molecular complexity index is 1080.